The molecule has 0 unspecified atom stereocenters. The van der Waals surface area contributed by atoms with Gasteiger partial charge in [-0.05, 0) is 12.1 Å². The van der Waals surface area contributed by atoms with E-state index in [4.69, 9.17) is 5.11 Å². The Hall–Kier alpha value is -1.05. The Bertz CT molecular complexity index is 526. The van der Waals surface area contributed by atoms with E-state index in [1.165, 1.54) is 0 Å². The van der Waals surface area contributed by atoms with E-state index in [-0.39, 0.29) is 25.6 Å². The zero-order valence-electron chi connectivity index (χ0n) is 8.81. The highest BCUT2D eigenvalue weighted by Crippen LogP contribution is 2.26. The first-order valence-corrected chi connectivity index (χ1v) is 6.45. The molecular formula is C10H11F2NO3S. The highest BCUT2D eigenvalue weighted by atomic mass is 32.2. The second kappa shape index (κ2) is 4.32. The normalized spacial score (nSPS) is 18.1. The average Bonchev–Trinajstić information content (AvgIpc) is 2.14. The van der Waals surface area contributed by atoms with E-state index in [2.05, 4.69) is 0 Å². The minimum Gasteiger partial charge on any atom is -0.396 e. The van der Waals surface area contributed by atoms with Crippen LogP contribution >= 0.6 is 0 Å². The third-order valence-corrected chi connectivity index (χ3v) is 4.56. The lowest BCUT2D eigenvalue weighted by molar-refractivity contribution is 0.117. The van der Waals surface area contributed by atoms with Gasteiger partial charge in [0.25, 0.3) is 0 Å². The minimum absolute atomic E-state index is 0.0993. The van der Waals surface area contributed by atoms with E-state index < -0.39 is 26.6 Å². The van der Waals surface area contributed by atoms with Crippen molar-refractivity contribution in [3.8, 4) is 0 Å². The third kappa shape index (κ3) is 2.18. The van der Waals surface area contributed by atoms with Crippen LogP contribution in [0.3, 0.4) is 0 Å². The zero-order chi connectivity index (χ0) is 12.6. The number of benzene rings is 1. The highest BCUT2D eigenvalue weighted by Gasteiger charge is 2.37. The van der Waals surface area contributed by atoms with Crippen LogP contribution in [0, 0.1) is 17.6 Å². The summed E-state index contributed by atoms with van der Waals surface area (Å²) in [6, 6.07) is 2.35. The highest BCUT2D eigenvalue weighted by molar-refractivity contribution is 7.89. The number of sulfonamides is 1. The van der Waals surface area contributed by atoms with Gasteiger partial charge in [0.15, 0.2) is 0 Å². The molecule has 4 nitrogen and oxygen atoms in total. The van der Waals surface area contributed by atoms with E-state index in [9.17, 15) is 17.2 Å². The van der Waals surface area contributed by atoms with E-state index in [0.717, 1.165) is 16.4 Å². The maximum Gasteiger partial charge on any atom is 0.246 e. The van der Waals surface area contributed by atoms with Crippen LogP contribution in [-0.2, 0) is 10.0 Å². The molecule has 94 valence electrons. The minimum atomic E-state index is -3.91. The van der Waals surface area contributed by atoms with Crippen LogP contribution in [0.5, 0.6) is 0 Å². The largest absolute Gasteiger partial charge is 0.396 e. The number of hydrogen-bond acceptors (Lipinski definition) is 3. The summed E-state index contributed by atoms with van der Waals surface area (Å²) >= 11 is 0. The van der Waals surface area contributed by atoms with E-state index in [1.54, 1.807) is 0 Å². The van der Waals surface area contributed by atoms with Crippen molar-refractivity contribution in [2.45, 2.75) is 4.90 Å². The number of aliphatic hydroxyl groups is 1. The molecule has 1 N–H and O–H groups in total. The average molecular weight is 263 g/mol. The first kappa shape index (κ1) is 12.4. The van der Waals surface area contributed by atoms with Crippen LogP contribution in [-0.4, -0.2) is 37.5 Å². The molecule has 1 aliphatic heterocycles. The molecule has 0 amide bonds. The number of nitrogens with zero attached hydrogens (tertiary/aromatic N) is 1. The van der Waals surface area contributed by atoms with Crippen LogP contribution in [0.2, 0.25) is 0 Å². The molecule has 7 heteroatoms. The Kier molecular flexibility index (Phi) is 3.15. The smallest absolute Gasteiger partial charge is 0.246 e. The van der Waals surface area contributed by atoms with Crippen LogP contribution in [0.4, 0.5) is 8.78 Å². The predicted molar refractivity (Wildman–Crippen MR) is 55.7 cm³/mol. The monoisotopic (exact) mass is 263 g/mol. The van der Waals surface area contributed by atoms with Gasteiger partial charge < -0.3 is 5.11 Å². The zero-order valence-corrected chi connectivity index (χ0v) is 9.62. The van der Waals surface area contributed by atoms with Gasteiger partial charge in [0, 0.05) is 31.7 Å². The quantitative estimate of drug-likeness (QED) is 0.867. The fourth-order valence-electron chi connectivity index (χ4n) is 1.66. The lowest BCUT2D eigenvalue weighted by atomic mass is 10.1. The second-order valence-electron chi connectivity index (χ2n) is 3.95. The van der Waals surface area contributed by atoms with Gasteiger partial charge in [-0.25, -0.2) is 17.2 Å². The molecule has 0 radical (unpaired) electrons. The molecule has 1 aliphatic rings. The van der Waals surface area contributed by atoms with Gasteiger partial charge in [0.1, 0.15) is 16.5 Å². The number of halogens is 2. The summed E-state index contributed by atoms with van der Waals surface area (Å²) in [4.78, 5) is -0.532. The van der Waals surface area contributed by atoms with Crippen LogP contribution in [0.1, 0.15) is 0 Å². The summed E-state index contributed by atoms with van der Waals surface area (Å²) in [7, 11) is -3.91. The van der Waals surface area contributed by atoms with Gasteiger partial charge in [-0.1, -0.05) is 0 Å². The third-order valence-electron chi connectivity index (χ3n) is 2.69. The molecule has 1 aromatic carbocycles. The van der Waals surface area contributed by atoms with E-state index in [0.29, 0.717) is 6.07 Å². The Morgan fingerprint density at radius 2 is 2.00 bits per heavy atom. The Morgan fingerprint density at radius 1 is 1.35 bits per heavy atom. The first-order valence-electron chi connectivity index (χ1n) is 5.01. The van der Waals surface area contributed by atoms with Crippen LogP contribution < -0.4 is 0 Å². The Balaban J connectivity index is 2.27. The summed E-state index contributed by atoms with van der Waals surface area (Å²) in [6.45, 7) is 0.225. The topological polar surface area (TPSA) is 57.6 Å². The van der Waals surface area contributed by atoms with Crippen molar-refractivity contribution < 1.29 is 22.3 Å². The molecule has 1 aromatic rings. The summed E-state index contributed by atoms with van der Waals surface area (Å²) < 4.78 is 50.9. The molecular weight excluding hydrogens is 252 g/mol. The molecule has 0 aliphatic carbocycles. The molecule has 0 aromatic heterocycles. The first-order chi connectivity index (χ1) is 7.95. The van der Waals surface area contributed by atoms with Crippen molar-refractivity contribution in [2.24, 2.45) is 5.92 Å². The van der Waals surface area contributed by atoms with Gasteiger partial charge in [-0.15, -0.1) is 0 Å². The Morgan fingerprint density at radius 3 is 2.53 bits per heavy atom. The number of rotatable bonds is 3. The van der Waals surface area contributed by atoms with Gasteiger partial charge in [0.05, 0.1) is 0 Å². The van der Waals surface area contributed by atoms with E-state index >= 15 is 0 Å². The molecule has 1 heterocycles. The van der Waals surface area contributed by atoms with Crippen molar-refractivity contribution >= 4 is 10.0 Å². The van der Waals surface area contributed by atoms with Crippen LogP contribution in [0.15, 0.2) is 23.1 Å². The van der Waals surface area contributed by atoms with Crippen molar-refractivity contribution in [2.75, 3.05) is 19.7 Å². The fraction of sp³-hybridized carbons (Fsp3) is 0.400. The molecule has 0 spiro atoms. The molecule has 0 bridgehead atoms. The van der Waals surface area contributed by atoms with Gasteiger partial charge >= 0.3 is 0 Å². The number of aliphatic hydroxyl groups excluding tert-OH is 1. The maximum atomic E-state index is 13.4. The van der Waals surface area contributed by atoms with Gasteiger partial charge in [-0.3, -0.25) is 0 Å². The molecule has 1 fully saturated rings. The summed E-state index contributed by atoms with van der Waals surface area (Å²) in [6.07, 6.45) is 0. The lowest BCUT2D eigenvalue weighted by Gasteiger charge is -2.36. The van der Waals surface area contributed by atoms with Crippen molar-refractivity contribution in [3.05, 3.63) is 29.8 Å². The van der Waals surface area contributed by atoms with Gasteiger partial charge in [-0.2, -0.15) is 4.31 Å². The standard InChI is InChI=1S/C10H11F2NO3S/c11-8-1-2-10(9(12)3-8)17(15,16)13-4-7(5-13)6-14/h1-3,7,14H,4-6H2. The van der Waals surface area contributed by atoms with E-state index in [1.807, 2.05) is 0 Å². The predicted octanol–water partition coefficient (Wildman–Crippen LogP) is 0.578. The fourth-order valence-corrected chi connectivity index (χ4v) is 3.30. The Labute approximate surface area is 97.5 Å². The molecule has 0 atom stereocenters. The second-order valence-corrected chi connectivity index (χ2v) is 5.85. The lowest BCUT2D eigenvalue weighted by Crippen LogP contribution is -2.51. The van der Waals surface area contributed by atoms with Crippen LogP contribution in [0.25, 0.3) is 0 Å². The van der Waals surface area contributed by atoms with Gasteiger partial charge in [0.2, 0.25) is 10.0 Å². The molecule has 0 saturated carbocycles. The molecule has 1 saturated heterocycles. The summed E-state index contributed by atoms with van der Waals surface area (Å²) in [5, 5.41) is 8.79. The van der Waals surface area contributed by atoms with Crippen molar-refractivity contribution in [1.29, 1.82) is 0 Å². The summed E-state index contributed by atoms with van der Waals surface area (Å²) in [5.74, 6) is -2.02. The summed E-state index contributed by atoms with van der Waals surface area (Å²) in [5.41, 5.74) is 0. The van der Waals surface area contributed by atoms with Crippen molar-refractivity contribution in [3.63, 3.8) is 0 Å². The number of hydrogen-bond donors (Lipinski definition) is 1. The van der Waals surface area contributed by atoms with Crippen molar-refractivity contribution in [1.82, 2.24) is 4.31 Å². The molecule has 2 rings (SSSR count). The maximum absolute atomic E-state index is 13.4. The SMILES string of the molecule is O=S(=O)(c1ccc(F)cc1F)N1CC(CO)C1. The molecule has 17 heavy (non-hydrogen) atoms.